The zero-order valence-corrected chi connectivity index (χ0v) is 11.9. The molecule has 1 aliphatic carbocycles. The molecule has 0 saturated heterocycles. The van der Waals surface area contributed by atoms with Crippen molar-refractivity contribution < 1.29 is 30.1 Å². The van der Waals surface area contributed by atoms with Gasteiger partial charge >= 0.3 is 5.97 Å². The van der Waals surface area contributed by atoms with E-state index >= 15 is 0 Å². The Kier molecular flexibility index (Phi) is 3.16. The number of fused-ring (bicyclic) bond motifs is 1. The highest BCUT2D eigenvalue weighted by atomic mass is 16.7. The Labute approximate surface area is 125 Å². The van der Waals surface area contributed by atoms with Crippen LogP contribution in [0.5, 0.6) is 23.5 Å². The summed E-state index contributed by atoms with van der Waals surface area (Å²) in [6.45, 7) is 1.11. The van der Waals surface area contributed by atoms with E-state index < -0.39 is 17.7 Å². The molecule has 0 bridgehead atoms. The molecule has 3 rings (SSSR count). The molecule has 2 aromatic rings. The van der Waals surface area contributed by atoms with Gasteiger partial charge in [0.15, 0.2) is 0 Å². The van der Waals surface area contributed by atoms with Crippen molar-refractivity contribution in [2.24, 2.45) is 0 Å². The molecule has 8 heteroatoms. The summed E-state index contributed by atoms with van der Waals surface area (Å²) in [6.07, 6.45) is 3.05. The topological polar surface area (TPSA) is 117 Å². The quantitative estimate of drug-likeness (QED) is 0.656. The van der Waals surface area contributed by atoms with Gasteiger partial charge in [-0.3, -0.25) is 0 Å². The fourth-order valence-electron chi connectivity index (χ4n) is 2.84. The van der Waals surface area contributed by atoms with Crippen molar-refractivity contribution >= 4 is 5.97 Å². The number of aromatic nitrogens is 2. The van der Waals surface area contributed by atoms with Gasteiger partial charge in [0, 0.05) is 24.1 Å². The molecule has 0 atom stereocenters. The Morgan fingerprint density at radius 3 is 2.09 bits per heavy atom. The van der Waals surface area contributed by atoms with Crippen molar-refractivity contribution in [1.29, 1.82) is 0 Å². The van der Waals surface area contributed by atoms with Gasteiger partial charge in [-0.05, 0) is 25.7 Å². The average Bonchev–Trinajstić information content (AvgIpc) is 2.88. The minimum atomic E-state index is -0.743. The van der Waals surface area contributed by atoms with E-state index in [1.807, 2.05) is 0 Å². The summed E-state index contributed by atoms with van der Waals surface area (Å²) in [4.78, 5) is 15.6. The van der Waals surface area contributed by atoms with Crippen molar-refractivity contribution in [3.63, 3.8) is 0 Å². The summed E-state index contributed by atoms with van der Waals surface area (Å²) >= 11 is 0. The van der Waals surface area contributed by atoms with Gasteiger partial charge in [-0.1, -0.05) is 0 Å². The molecule has 4 N–H and O–H groups in total. The second kappa shape index (κ2) is 4.90. The lowest BCUT2D eigenvalue weighted by Gasteiger charge is -2.09. The van der Waals surface area contributed by atoms with E-state index in [0.29, 0.717) is 28.7 Å². The molecule has 0 radical (unpaired) electrons. The third-order valence-corrected chi connectivity index (χ3v) is 3.79. The molecule has 118 valence electrons. The van der Waals surface area contributed by atoms with Crippen LogP contribution >= 0.6 is 0 Å². The monoisotopic (exact) mass is 308 g/mol. The highest BCUT2D eigenvalue weighted by molar-refractivity contribution is 5.67. The van der Waals surface area contributed by atoms with Gasteiger partial charge in [-0.2, -0.15) is 0 Å². The minimum absolute atomic E-state index is 0.0804. The van der Waals surface area contributed by atoms with Crippen molar-refractivity contribution in [3.8, 4) is 29.2 Å². The molecule has 1 aliphatic rings. The predicted octanol–water partition coefficient (Wildman–Crippen LogP) is 0.955. The molecule has 0 aromatic carbocycles. The zero-order chi connectivity index (χ0) is 16.0. The fourth-order valence-corrected chi connectivity index (χ4v) is 2.84. The molecular formula is C14H16N2O6. The van der Waals surface area contributed by atoms with E-state index in [1.54, 1.807) is 0 Å². The maximum atomic E-state index is 11.0. The second-order valence-corrected chi connectivity index (χ2v) is 5.24. The standard InChI is InChI=1S/C14H16N2O6/c1-7(17)22-16-11(18)6-10(14(16)21)15-12(19)8-4-2-3-5-9(8)13(15)20/h6,18-21H,2-5H2,1H3. The highest BCUT2D eigenvalue weighted by Crippen LogP contribution is 2.43. The van der Waals surface area contributed by atoms with Crippen molar-refractivity contribution in [1.82, 2.24) is 9.30 Å². The molecule has 8 nitrogen and oxygen atoms in total. The van der Waals surface area contributed by atoms with Gasteiger partial charge in [0.05, 0.1) is 0 Å². The van der Waals surface area contributed by atoms with E-state index in [0.717, 1.165) is 30.4 Å². The number of aromatic hydroxyl groups is 4. The van der Waals surface area contributed by atoms with Crippen LogP contribution in [0.15, 0.2) is 6.07 Å². The molecular weight excluding hydrogens is 292 g/mol. The van der Waals surface area contributed by atoms with Gasteiger partial charge in [0.25, 0.3) is 5.88 Å². The van der Waals surface area contributed by atoms with Gasteiger partial charge in [-0.25, -0.2) is 9.36 Å². The van der Waals surface area contributed by atoms with Gasteiger partial charge in [0.1, 0.15) is 5.69 Å². The van der Waals surface area contributed by atoms with E-state index in [9.17, 15) is 25.2 Å². The SMILES string of the molecule is CC(=O)On1c(O)cc(-n2c(O)c3c(c2O)CCCC3)c1O. The van der Waals surface area contributed by atoms with E-state index in [-0.39, 0.29) is 17.4 Å². The lowest BCUT2D eigenvalue weighted by atomic mass is 9.95. The molecule has 0 unspecified atom stereocenters. The summed E-state index contributed by atoms with van der Waals surface area (Å²) in [5.74, 6) is -2.27. The van der Waals surface area contributed by atoms with Gasteiger partial charge in [0.2, 0.25) is 17.6 Å². The molecule has 22 heavy (non-hydrogen) atoms. The number of nitrogens with zero attached hydrogens (tertiary/aromatic N) is 2. The van der Waals surface area contributed by atoms with Crippen LogP contribution in [0.1, 0.15) is 30.9 Å². The number of carbonyl (C=O) groups excluding carboxylic acids is 1. The van der Waals surface area contributed by atoms with Crippen molar-refractivity contribution in [2.75, 3.05) is 0 Å². The molecule has 0 fully saturated rings. The molecule has 0 saturated carbocycles. The average molecular weight is 308 g/mol. The molecule has 2 aromatic heterocycles. The Bertz CT molecular complexity index is 729. The maximum Gasteiger partial charge on any atom is 0.330 e. The van der Waals surface area contributed by atoms with E-state index in [4.69, 9.17) is 0 Å². The smallest absolute Gasteiger partial charge is 0.330 e. The largest absolute Gasteiger partial charge is 0.494 e. The van der Waals surface area contributed by atoms with Crippen LogP contribution in [0.2, 0.25) is 0 Å². The molecule has 0 amide bonds. The maximum absolute atomic E-state index is 11.0. The first-order valence-electron chi connectivity index (χ1n) is 6.89. The first-order valence-corrected chi connectivity index (χ1v) is 6.89. The Morgan fingerprint density at radius 2 is 1.59 bits per heavy atom. The van der Waals surface area contributed by atoms with Crippen LogP contribution in [0.3, 0.4) is 0 Å². The molecule has 2 heterocycles. The van der Waals surface area contributed by atoms with E-state index in [1.165, 1.54) is 0 Å². The summed E-state index contributed by atoms with van der Waals surface area (Å²) in [5.41, 5.74) is 1.17. The minimum Gasteiger partial charge on any atom is -0.494 e. The Balaban J connectivity index is 2.17. The van der Waals surface area contributed by atoms with Crippen LogP contribution in [0.4, 0.5) is 0 Å². The highest BCUT2D eigenvalue weighted by Gasteiger charge is 2.29. The first kappa shape index (κ1) is 14.2. The Morgan fingerprint density at radius 1 is 1.05 bits per heavy atom. The van der Waals surface area contributed by atoms with E-state index in [2.05, 4.69) is 4.84 Å². The van der Waals surface area contributed by atoms with Crippen LogP contribution in [-0.4, -0.2) is 35.7 Å². The van der Waals surface area contributed by atoms with Crippen molar-refractivity contribution in [3.05, 3.63) is 17.2 Å². The number of carbonyl (C=O) groups is 1. The molecule has 0 aliphatic heterocycles. The van der Waals surface area contributed by atoms with Crippen LogP contribution in [0, 0.1) is 0 Å². The lowest BCUT2D eigenvalue weighted by molar-refractivity contribution is -0.142. The Hall–Kier alpha value is -2.77. The normalized spacial score (nSPS) is 13.9. The second-order valence-electron chi connectivity index (χ2n) is 5.24. The lowest BCUT2D eigenvalue weighted by Crippen LogP contribution is -2.15. The summed E-state index contributed by atoms with van der Waals surface area (Å²) in [6, 6.07) is 1.09. The number of hydrogen-bond donors (Lipinski definition) is 4. The zero-order valence-electron chi connectivity index (χ0n) is 11.9. The first-order chi connectivity index (χ1) is 10.4. The predicted molar refractivity (Wildman–Crippen MR) is 74.3 cm³/mol. The summed E-state index contributed by atoms with van der Waals surface area (Å²) in [7, 11) is 0. The third-order valence-electron chi connectivity index (χ3n) is 3.79. The van der Waals surface area contributed by atoms with Crippen molar-refractivity contribution in [2.45, 2.75) is 32.6 Å². The molecule has 0 spiro atoms. The fraction of sp³-hybridized carbons (Fsp3) is 0.357. The van der Waals surface area contributed by atoms with Crippen LogP contribution < -0.4 is 4.84 Å². The summed E-state index contributed by atoms with van der Waals surface area (Å²) in [5, 5.41) is 40.5. The number of hydrogen-bond acceptors (Lipinski definition) is 6. The summed E-state index contributed by atoms with van der Waals surface area (Å²) < 4.78 is 1.56. The van der Waals surface area contributed by atoms with Crippen LogP contribution in [0.25, 0.3) is 5.69 Å². The third kappa shape index (κ3) is 1.95. The van der Waals surface area contributed by atoms with Crippen LogP contribution in [-0.2, 0) is 17.6 Å². The number of rotatable bonds is 2. The van der Waals surface area contributed by atoms with Gasteiger partial charge < -0.3 is 25.3 Å². The van der Waals surface area contributed by atoms with Gasteiger partial charge in [-0.15, -0.1) is 4.73 Å².